The second-order valence-electron chi connectivity index (χ2n) is 4.19. The Morgan fingerprint density at radius 2 is 1.59 bits per heavy atom. The van der Waals surface area contributed by atoms with Gasteiger partial charge in [0.2, 0.25) is 0 Å². The second-order valence-corrected chi connectivity index (χ2v) is 8.07. The fourth-order valence-electron chi connectivity index (χ4n) is 2.07. The smallest absolute Gasteiger partial charge is 0.374 e. The van der Waals surface area contributed by atoms with E-state index < -0.39 is 8.56 Å². The van der Waals surface area contributed by atoms with Gasteiger partial charge >= 0.3 is 8.56 Å². The first kappa shape index (κ1) is 14.2. The van der Waals surface area contributed by atoms with Crippen LogP contribution in [0.25, 0.3) is 0 Å². The number of hydrogen-bond donors (Lipinski definition) is 0. The van der Waals surface area contributed by atoms with Crippen molar-refractivity contribution < 1.29 is 13.6 Å². The molecular weight excluding hydrogens is 232 g/mol. The molecule has 0 fully saturated rings. The Hall–Kier alpha value is -0.843. The van der Waals surface area contributed by atoms with Gasteiger partial charge in [-0.1, -0.05) is 26.0 Å². The van der Waals surface area contributed by atoms with Gasteiger partial charge < -0.3 is 13.6 Å². The monoisotopic (exact) mass is 254 g/mol. The van der Waals surface area contributed by atoms with E-state index >= 15 is 0 Å². The Kier molecular flexibility index (Phi) is 5.18. The molecule has 0 heterocycles. The molecule has 0 N–H and O–H groups in total. The van der Waals surface area contributed by atoms with E-state index in [1.165, 1.54) is 0 Å². The predicted octanol–water partition coefficient (Wildman–Crippen LogP) is 2.44. The number of ether oxygens (including phenoxy) is 1. The Morgan fingerprint density at radius 3 is 1.94 bits per heavy atom. The highest BCUT2D eigenvalue weighted by atomic mass is 28.4. The molecule has 0 unspecified atom stereocenters. The lowest BCUT2D eigenvalue weighted by Crippen LogP contribution is -2.54. The van der Waals surface area contributed by atoms with E-state index in [9.17, 15) is 0 Å². The minimum atomic E-state index is -2.30. The molecule has 0 saturated heterocycles. The molecule has 0 spiro atoms. The second kappa shape index (κ2) is 6.19. The maximum Gasteiger partial charge on any atom is 0.374 e. The molecule has 3 nitrogen and oxygen atoms in total. The fourth-order valence-corrected chi connectivity index (χ4v) is 4.95. The zero-order valence-electron chi connectivity index (χ0n) is 11.3. The number of hydrogen-bond acceptors (Lipinski definition) is 3. The van der Waals surface area contributed by atoms with Gasteiger partial charge in [0, 0.05) is 19.8 Å². The topological polar surface area (TPSA) is 27.7 Å². The van der Waals surface area contributed by atoms with Gasteiger partial charge in [-0.2, -0.15) is 0 Å². The van der Waals surface area contributed by atoms with Crippen LogP contribution in [0, 0.1) is 0 Å². The van der Waals surface area contributed by atoms with Crippen LogP contribution in [0.2, 0.25) is 5.54 Å². The maximum atomic E-state index is 5.71. The van der Waals surface area contributed by atoms with Crippen LogP contribution in [0.5, 0.6) is 5.75 Å². The molecule has 0 aliphatic carbocycles. The summed E-state index contributed by atoms with van der Waals surface area (Å²) in [6.45, 7) is 6.93. The zero-order chi connectivity index (χ0) is 12.9. The van der Waals surface area contributed by atoms with E-state index in [1.807, 2.05) is 31.2 Å². The van der Waals surface area contributed by atoms with Crippen LogP contribution >= 0.6 is 0 Å². The van der Waals surface area contributed by atoms with Crippen LogP contribution in [-0.2, 0) is 8.85 Å². The molecule has 0 aliphatic heterocycles. The third kappa shape index (κ3) is 2.88. The summed E-state index contributed by atoms with van der Waals surface area (Å²) in [6, 6.07) is 8.04. The molecule has 0 amide bonds. The van der Waals surface area contributed by atoms with Crippen LogP contribution in [0.15, 0.2) is 24.3 Å². The van der Waals surface area contributed by atoms with Gasteiger partial charge in [-0.15, -0.1) is 0 Å². The Balaban J connectivity index is 3.03. The van der Waals surface area contributed by atoms with Crippen molar-refractivity contribution in [2.24, 2.45) is 0 Å². The normalized spacial score (nSPS) is 11.9. The van der Waals surface area contributed by atoms with Crippen LogP contribution in [0.1, 0.15) is 20.8 Å². The number of benzene rings is 1. The summed E-state index contributed by atoms with van der Waals surface area (Å²) in [5.41, 5.74) is 0.357. The van der Waals surface area contributed by atoms with Crippen LogP contribution in [-0.4, -0.2) is 29.4 Å². The Morgan fingerprint density at radius 1 is 1.06 bits per heavy atom. The largest absolute Gasteiger partial charge is 0.494 e. The van der Waals surface area contributed by atoms with Gasteiger partial charge in [-0.3, -0.25) is 0 Å². The zero-order valence-corrected chi connectivity index (χ0v) is 12.3. The lowest BCUT2D eigenvalue weighted by atomic mass is 10.3. The van der Waals surface area contributed by atoms with E-state index in [4.69, 9.17) is 13.6 Å². The molecule has 0 aromatic heterocycles. The van der Waals surface area contributed by atoms with Gasteiger partial charge in [0.1, 0.15) is 5.75 Å². The van der Waals surface area contributed by atoms with Crippen molar-refractivity contribution in [1.82, 2.24) is 0 Å². The predicted molar refractivity (Wildman–Crippen MR) is 72.1 cm³/mol. The van der Waals surface area contributed by atoms with Crippen LogP contribution in [0.3, 0.4) is 0 Å². The van der Waals surface area contributed by atoms with Crippen molar-refractivity contribution in [3.8, 4) is 5.75 Å². The summed E-state index contributed by atoms with van der Waals surface area (Å²) in [5.74, 6) is 0.884. The summed E-state index contributed by atoms with van der Waals surface area (Å²) in [6.07, 6.45) is 0. The minimum Gasteiger partial charge on any atom is -0.494 e. The van der Waals surface area contributed by atoms with E-state index in [2.05, 4.69) is 13.8 Å². The van der Waals surface area contributed by atoms with E-state index in [-0.39, 0.29) is 0 Å². The van der Waals surface area contributed by atoms with Crippen molar-refractivity contribution >= 4 is 13.7 Å². The third-order valence-electron chi connectivity index (χ3n) is 2.93. The van der Waals surface area contributed by atoms with Gasteiger partial charge in [-0.05, 0) is 24.2 Å². The fraction of sp³-hybridized carbons (Fsp3) is 0.538. The molecule has 1 rings (SSSR count). The summed E-state index contributed by atoms with van der Waals surface area (Å²) in [7, 11) is 1.16. The first-order valence-corrected chi connectivity index (χ1v) is 7.83. The molecule has 1 aromatic carbocycles. The molecule has 0 radical (unpaired) electrons. The van der Waals surface area contributed by atoms with Crippen molar-refractivity contribution in [2.45, 2.75) is 26.3 Å². The van der Waals surface area contributed by atoms with Crippen LogP contribution in [0.4, 0.5) is 0 Å². The van der Waals surface area contributed by atoms with E-state index in [0.717, 1.165) is 10.9 Å². The molecule has 0 saturated carbocycles. The Labute approximate surface area is 105 Å². The number of rotatable bonds is 6. The average molecular weight is 254 g/mol. The van der Waals surface area contributed by atoms with Gasteiger partial charge in [0.25, 0.3) is 0 Å². The Bertz CT molecular complexity index is 331. The van der Waals surface area contributed by atoms with Gasteiger partial charge in [0.15, 0.2) is 0 Å². The average Bonchev–Trinajstić information content (AvgIpc) is 2.33. The molecule has 17 heavy (non-hydrogen) atoms. The lowest BCUT2D eigenvalue weighted by molar-refractivity contribution is 0.248. The molecule has 4 heteroatoms. The summed E-state index contributed by atoms with van der Waals surface area (Å²) in [5, 5.41) is 1.14. The van der Waals surface area contributed by atoms with Crippen molar-refractivity contribution in [1.29, 1.82) is 0 Å². The van der Waals surface area contributed by atoms with E-state index in [0.29, 0.717) is 12.1 Å². The first-order chi connectivity index (χ1) is 8.10. The van der Waals surface area contributed by atoms with Gasteiger partial charge in [-0.25, -0.2) is 0 Å². The minimum absolute atomic E-state index is 0.357. The highest BCUT2D eigenvalue weighted by Gasteiger charge is 2.41. The van der Waals surface area contributed by atoms with Gasteiger partial charge in [0.05, 0.1) is 6.61 Å². The van der Waals surface area contributed by atoms with E-state index in [1.54, 1.807) is 14.2 Å². The SMILES string of the molecule is CCOc1ccc([Si](OC)(OC)C(C)C)cc1. The third-order valence-corrected chi connectivity index (χ3v) is 6.81. The molecule has 0 bridgehead atoms. The van der Waals surface area contributed by atoms with Crippen molar-refractivity contribution in [2.75, 3.05) is 20.8 Å². The summed E-state index contributed by atoms with van der Waals surface area (Å²) in [4.78, 5) is 0. The highest BCUT2D eigenvalue weighted by molar-refractivity contribution is 6.82. The van der Waals surface area contributed by atoms with Crippen LogP contribution < -0.4 is 9.92 Å². The highest BCUT2D eigenvalue weighted by Crippen LogP contribution is 2.23. The molecule has 0 atom stereocenters. The lowest BCUT2D eigenvalue weighted by Gasteiger charge is -2.31. The first-order valence-electron chi connectivity index (χ1n) is 5.94. The standard InChI is InChI=1S/C13H22O3Si/c1-6-16-12-7-9-13(10-8-12)17(14-4,15-5)11(2)3/h7-11H,6H2,1-5H3. The molecule has 96 valence electrons. The summed E-state index contributed by atoms with van der Waals surface area (Å²) >= 11 is 0. The summed E-state index contributed by atoms with van der Waals surface area (Å²) < 4.78 is 16.9. The quantitative estimate of drug-likeness (QED) is 0.730. The molecule has 0 aliphatic rings. The van der Waals surface area contributed by atoms with Crippen molar-refractivity contribution in [3.05, 3.63) is 24.3 Å². The molecule has 1 aromatic rings. The maximum absolute atomic E-state index is 5.71. The van der Waals surface area contributed by atoms with Crippen molar-refractivity contribution in [3.63, 3.8) is 0 Å². The molecular formula is C13H22O3Si.